The molecule has 0 fully saturated rings. The highest BCUT2D eigenvalue weighted by molar-refractivity contribution is 6.30. The van der Waals surface area contributed by atoms with E-state index in [1.54, 1.807) is 38.1 Å². The van der Waals surface area contributed by atoms with E-state index in [0.29, 0.717) is 17.2 Å². The lowest BCUT2D eigenvalue weighted by Gasteiger charge is -2.28. The first kappa shape index (κ1) is 33.8. The largest absolute Gasteiger partial charge is 0.465 e. The van der Waals surface area contributed by atoms with Crippen LogP contribution in [0.25, 0.3) is 0 Å². The van der Waals surface area contributed by atoms with Crippen molar-refractivity contribution in [3.63, 3.8) is 0 Å². The van der Waals surface area contributed by atoms with E-state index in [0.717, 1.165) is 19.3 Å². The summed E-state index contributed by atoms with van der Waals surface area (Å²) in [5.41, 5.74) is -0.978. The maximum Gasteiger partial charge on any atom is 0.305 e. The standard InChI is InChI=1S/C32H50ClN3O4/c1-4-5-6-7-8-9-10-11-12-13-14-15-16-17-18-19-29(37)39-24-32(2,3)30(38)31(36-26-34-25-35-36)40-28-22-20-27(33)21-23-28/h20-23,25-26,31H,4-19,24H2,1-3H3. The van der Waals surface area contributed by atoms with Gasteiger partial charge in [0.05, 0.1) is 5.41 Å². The molecule has 1 heterocycles. The van der Waals surface area contributed by atoms with E-state index < -0.39 is 11.6 Å². The van der Waals surface area contributed by atoms with Crippen molar-refractivity contribution >= 4 is 23.4 Å². The lowest BCUT2D eigenvalue weighted by atomic mass is 9.88. The van der Waals surface area contributed by atoms with Crippen LogP contribution in [0.2, 0.25) is 5.02 Å². The van der Waals surface area contributed by atoms with Crippen molar-refractivity contribution in [3.8, 4) is 5.75 Å². The lowest BCUT2D eigenvalue weighted by Crippen LogP contribution is -2.39. The molecule has 2 aromatic rings. The molecule has 40 heavy (non-hydrogen) atoms. The molecule has 1 atom stereocenters. The molecule has 7 nitrogen and oxygen atoms in total. The second kappa shape index (κ2) is 19.6. The van der Waals surface area contributed by atoms with Gasteiger partial charge in [0.25, 0.3) is 6.23 Å². The van der Waals surface area contributed by atoms with E-state index in [4.69, 9.17) is 21.1 Å². The minimum absolute atomic E-state index is 0.0292. The Bertz CT molecular complexity index is 948. The Labute approximate surface area is 246 Å². The number of carbonyl (C=O) groups is 2. The third kappa shape index (κ3) is 13.8. The molecule has 0 aliphatic carbocycles. The van der Waals surface area contributed by atoms with E-state index >= 15 is 0 Å². The van der Waals surface area contributed by atoms with Gasteiger partial charge in [-0.1, -0.05) is 108 Å². The number of ether oxygens (including phenoxy) is 2. The molecule has 0 saturated heterocycles. The molecule has 1 aromatic carbocycles. The number of aromatic nitrogens is 3. The topological polar surface area (TPSA) is 83.3 Å². The summed E-state index contributed by atoms with van der Waals surface area (Å²) in [4.78, 5) is 29.7. The zero-order valence-corrected chi connectivity index (χ0v) is 25.7. The van der Waals surface area contributed by atoms with Gasteiger partial charge in [0.2, 0.25) is 5.78 Å². The number of nitrogens with zero attached hydrogens (tertiary/aromatic N) is 3. The molecule has 0 amide bonds. The molecule has 0 N–H and O–H groups in total. The van der Waals surface area contributed by atoms with Gasteiger partial charge in [-0.25, -0.2) is 9.67 Å². The molecule has 2 rings (SSSR count). The maximum absolute atomic E-state index is 13.4. The van der Waals surface area contributed by atoms with Crippen LogP contribution in [0.15, 0.2) is 36.9 Å². The van der Waals surface area contributed by atoms with Gasteiger partial charge in [-0.2, -0.15) is 5.10 Å². The summed E-state index contributed by atoms with van der Waals surface area (Å²) in [6, 6.07) is 6.74. The fourth-order valence-electron chi connectivity index (χ4n) is 4.59. The Hall–Kier alpha value is -2.41. The molecule has 8 heteroatoms. The Balaban J connectivity index is 1.59. The van der Waals surface area contributed by atoms with Crippen molar-refractivity contribution in [3.05, 3.63) is 41.9 Å². The van der Waals surface area contributed by atoms with Crippen LogP contribution in [0.3, 0.4) is 0 Å². The van der Waals surface area contributed by atoms with Crippen molar-refractivity contribution in [2.75, 3.05) is 6.61 Å². The smallest absolute Gasteiger partial charge is 0.305 e. The van der Waals surface area contributed by atoms with Gasteiger partial charge in [-0.3, -0.25) is 9.59 Å². The molecule has 0 saturated carbocycles. The predicted molar refractivity (Wildman–Crippen MR) is 160 cm³/mol. The zero-order valence-electron chi connectivity index (χ0n) is 24.9. The van der Waals surface area contributed by atoms with Crippen LogP contribution in [0, 0.1) is 5.41 Å². The van der Waals surface area contributed by atoms with Gasteiger partial charge in [0, 0.05) is 11.4 Å². The van der Waals surface area contributed by atoms with Crippen LogP contribution in [-0.2, 0) is 14.3 Å². The normalized spacial score (nSPS) is 12.3. The van der Waals surface area contributed by atoms with Crippen LogP contribution < -0.4 is 4.74 Å². The summed E-state index contributed by atoms with van der Waals surface area (Å²) >= 11 is 5.96. The molecule has 0 bridgehead atoms. The maximum atomic E-state index is 13.4. The molecule has 0 spiro atoms. The van der Waals surface area contributed by atoms with Gasteiger partial charge in [-0.05, 0) is 44.5 Å². The number of esters is 1. The fraction of sp³-hybridized carbons (Fsp3) is 0.688. The summed E-state index contributed by atoms with van der Waals surface area (Å²) in [6.07, 6.45) is 21.3. The van der Waals surface area contributed by atoms with E-state index in [-0.39, 0.29) is 18.4 Å². The summed E-state index contributed by atoms with van der Waals surface area (Å²) in [5.74, 6) is -0.0709. The Kier molecular flexibility index (Phi) is 16.6. The minimum atomic E-state index is -1.05. The van der Waals surface area contributed by atoms with Crippen molar-refractivity contribution in [2.24, 2.45) is 5.41 Å². The van der Waals surface area contributed by atoms with Crippen LogP contribution >= 0.6 is 11.6 Å². The van der Waals surface area contributed by atoms with Crippen LogP contribution in [0.1, 0.15) is 130 Å². The SMILES string of the molecule is CCCCCCCCCCCCCCCCCC(=O)OCC(C)(C)C(=O)C(Oc1ccc(Cl)cc1)n1cncn1. The third-order valence-electron chi connectivity index (χ3n) is 7.21. The number of hydrogen-bond acceptors (Lipinski definition) is 6. The van der Waals surface area contributed by atoms with Crippen LogP contribution in [0.5, 0.6) is 5.75 Å². The van der Waals surface area contributed by atoms with Crippen LogP contribution in [-0.4, -0.2) is 33.1 Å². The second-order valence-electron chi connectivity index (χ2n) is 11.4. The summed E-state index contributed by atoms with van der Waals surface area (Å²) in [7, 11) is 0. The monoisotopic (exact) mass is 575 g/mol. The summed E-state index contributed by atoms with van der Waals surface area (Å²) in [5, 5.41) is 4.66. The predicted octanol–water partition coefficient (Wildman–Crippen LogP) is 8.91. The van der Waals surface area contributed by atoms with Crippen molar-refractivity contribution in [1.82, 2.24) is 14.8 Å². The Morgan fingerprint density at radius 3 is 1.88 bits per heavy atom. The first-order valence-electron chi connectivity index (χ1n) is 15.3. The van der Waals surface area contributed by atoms with Gasteiger partial charge in [0.1, 0.15) is 25.0 Å². The summed E-state index contributed by atoms with van der Waals surface area (Å²) < 4.78 is 12.8. The highest BCUT2D eigenvalue weighted by Gasteiger charge is 2.38. The van der Waals surface area contributed by atoms with Gasteiger partial charge in [0.15, 0.2) is 0 Å². The molecule has 0 radical (unpaired) electrons. The molecule has 0 aliphatic rings. The quantitative estimate of drug-likeness (QED) is 0.0971. The molecule has 1 unspecified atom stereocenters. The van der Waals surface area contributed by atoms with Gasteiger partial charge >= 0.3 is 5.97 Å². The number of Topliss-reactive ketones (excluding diaryl/α,β-unsaturated/α-hetero) is 1. The number of hydrogen-bond donors (Lipinski definition) is 0. The summed E-state index contributed by atoms with van der Waals surface area (Å²) in [6.45, 7) is 5.72. The highest BCUT2D eigenvalue weighted by Crippen LogP contribution is 2.28. The van der Waals surface area contributed by atoms with E-state index in [2.05, 4.69) is 17.0 Å². The molecule has 0 aliphatic heterocycles. The van der Waals surface area contributed by atoms with Crippen molar-refractivity contribution < 1.29 is 19.1 Å². The molecule has 224 valence electrons. The average molecular weight is 576 g/mol. The fourth-order valence-corrected chi connectivity index (χ4v) is 4.71. The third-order valence-corrected chi connectivity index (χ3v) is 7.46. The Morgan fingerprint density at radius 1 is 0.850 bits per heavy atom. The second-order valence-corrected chi connectivity index (χ2v) is 11.8. The number of ketones is 1. The first-order chi connectivity index (χ1) is 19.3. The lowest BCUT2D eigenvalue weighted by molar-refractivity contribution is -0.152. The molecular weight excluding hydrogens is 526 g/mol. The number of rotatable bonds is 23. The Morgan fingerprint density at radius 2 is 1.38 bits per heavy atom. The van der Waals surface area contributed by atoms with Crippen molar-refractivity contribution in [1.29, 1.82) is 0 Å². The van der Waals surface area contributed by atoms with Gasteiger partial charge < -0.3 is 9.47 Å². The number of carbonyl (C=O) groups excluding carboxylic acids is 2. The van der Waals surface area contributed by atoms with E-state index in [9.17, 15) is 9.59 Å². The van der Waals surface area contributed by atoms with Gasteiger partial charge in [-0.15, -0.1) is 0 Å². The van der Waals surface area contributed by atoms with E-state index in [1.165, 1.54) is 94.4 Å². The zero-order chi connectivity index (χ0) is 29.1. The number of benzene rings is 1. The van der Waals surface area contributed by atoms with E-state index in [1.807, 2.05) is 0 Å². The average Bonchev–Trinajstić information content (AvgIpc) is 3.48. The molecular formula is C32H50ClN3O4. The minimum Gasteiger partial charge on any atom is -0.465 e. The number of halogens is 1. The first-order valence-corrected chi connectivity index (χ1v) is 15.7. The number of unbranched alkanes of at least 4 members (excludes halogenated alkanes) is 14. The highest BCUT2D eigenvalue weighted by atomic mass is 35.5. The van der Waals surface area contributed by atoms with Crippen LogP contribution in [0.4, 0.5) is 0 Å². The molecule has 1 aromatic heterocycles. The van der Waals surface area contributed by atoms with Crippen molar-refractivity contribution in [2.45, 2.75) is 130 Å².